The summed E-state index contributed by atoms with van der Waals surface area (Å²) >= 11 is 9.76. The minimum absolute atomic E-state index is 0. The monoisotopic (exact) mass is 870 g/mol. The van der Waals surface area contributed by atoms with Gasteiger partial charge in [-0.1, -0.05) is 46.7 Å². The fourth-order valence-electron chi connectivity index (χ4n) is 8.28. The minimum Gasteiger partial charge on any atom is -0.474 e. The van der Waals surface area contributed by atoms with E-state index in [1.165, 1.54) is 52.0 Å². The molecule has 4 aliphatic carbocycles. The number of aliphatic hydroxyl groups excluding tert-OH is 1. The Labute approximate surface area is 336 Å². The molecule has 8 rings (SSSR count). The van der Waals surface area contributed by atoms with Crippen molar-refractivity contribution in [2.24, 2.45) is 0 Å². The van der Waals surface area contributed by atoms with Gasteiger partial charge in [-0.3, -0.25) is 0 Å². The maximum absolute atomic E-state index is 9.19. The van der Waals surface area contributed by atoms with Crippen molar-refractivity contribution in [3.05, 3.63) is 38.7 Å². The summed E-state index contributed by atoms with van der Waals surface area (Å²) in [5.74, 6) is 0.820. The van der Waals surface area contributed by atoms with Crippen LogP contribution in [0.1, 0.15) is 120 Å². The van der Waals surface area contributed by atoms with E-state index in [1.54, 1.807) is 24.0 Å². The topological polar surface area (TPSA) is 87.5 Å². The first kappa shape index (κ1) is 42.5. The van der Waals surface area contributed by atoms with Crippen LogP contribution in [0.3, 0.4) is 0 Å². The second kappa shape index (κ2) is 17.5. The second-order valence-electron chi connectivity index (χ2n) is 16.2. The lowest BCUT2D eigenvalue weighted by molar-refractivity contribution is 0.0926. The van der Waals surface area contributed by atoms with Crippen molar-refractivity contribution < 1.29 is 9.84 Å². The molecule has 51 heavy (non-hydrogen) atoms. The van der Waals surface area contributed by atoms with Crippen molar-refractivity contribution in [2.75, 3.05) is 28.2 Å². The maximum Gasteiger partial charge on any atom is 0.225 e. The van der Waals surface area contributed by atoms with E-state index in [4.69, 9.17) is 16.3 Å². The third kappa shape index (κ3) is 9.36. The van der Waals surface area contributed by atoms with Crippen molar-refractivity contribution in [3.8, 4) is 5.88 Å². The fourth-order valence-corrected chi connectivity index (χ4v) is 11.2. The first-order valence-corrected chi connectivity index (χ1v) is 20.1. The first-order chi connectivity index (χ1) is 23.2. The lowest BCUT2D eigenvalue weighted by atomic mass is 9.86. The lowest BCUT2D eigenvalue weighted by Crippen LogP contribution is -2.35. The zero-order chi connectivity index (χ0) is 35.1. The first-order valence-electron chi connectivity index (χ1n) is 18.1. The van der Waals surface area contributed by atoms with Gasteiger partial charge in [-0.25, -0.2) is 19.9 Å². The Kier molecular flexibility index (Phi) is 14.6. The Balaban J connectivity index is 0.000000185. The molecule has 12 heteroatoms. The molecule has 4 aromatic heterocycles. The molecule has 8 nitrogen and oxygen atoms in total. The van der Waals surface area contributed by atoms with E-state index in [9.17, 15) is 5.11 Å². The van der Waals surface area contributed by atoms with Gasteiger partial charge in [0.2, 0.25) is 5.88 Å². The average Bonchev–Trinajstić information content (AvgIpc) is 3.79. The number of nitrogens with zero attached hydrogens (tertiary/aromatic N) is 6. The zero-order valence-electron chi connectivity index (χ0n) is 31.1. The van der Waals surface area contributed by atoms with Crippen LogP contribution in [0.25, 0.3) is 20.4 Å². The van der Waals surface area contributed by atoms with Gasteiger partial charge in [0.25, 0.3) is 0 Å². The molecule has 0 unspecified atom stereocenters. The van der Waals surface area contributed by atoms with Crippen LogP contribution in [0, 0.1) is 0 Å². The van der Waals surface area contributed by atoms with Crippen LogP contribution in [-0.4, -0.2) is 87.3 Å². The van der Waals surface area contributed by atoms with Crippen molar-refractivity contribution in [1.82, 2.24) is 29.7 Å². The minimum atomic E-state index is -0.0174. The zero-order valence-corrected chi connectivity index (χ0v) is 35.8. The number of aryl methyl sites for hydroxylation is 2. The van der Waals surface area contributed by atoms with Gasteiger partial charge < -0.3 is 19.6 Å². The van der Waals surface area contributed by atoms with Crippen LogP contribution in [0.4, 0.5) is 0 Å². The summed E-state index contributed by atoms with van der Waals surface area (Å²) in [6.45, 7) is 9.22. The number of hydrogen-bond acceptors (Lipinski definition) is 10. The van der Waals surface area contributed by atoms with Gasteiger partial charge in [0, 0.05) is 21.8 Å². The van der Waals surface area contributed by atoms with Crippen LogP contribution in [0.5, 0.6) is 5.88 Å². The Morgan fingerprint density at radius 3 is 1.67 bits per heavy atom. The molecule has 2 fully saturated rings. The quantitative estimate of drug-likeness (QED) is 0.160. The lowest BCUT2D eigenvalue weighted by Gasteiger charge is -2.32. The van der Waals surface area contributed by atoms with E-state index < -0.39 is 0 Å². The fraction of sp³-hybridized carbons (Fsp3) is 0.692. The molecule has 0 radical (unpaired) electrons. The van der Waals surface area contributed by atoms with Crippen LogP contribution in [0.2, 0.25) is 5.15 Å². The number of rotatable bonds is 4. The van der Waals surface area contributed by atoms with Gasteiger partial charge in [0.15, 0.2) is 0 Å². The summed E-state index contributed by atoms with van der Waals surface area (Å²) < 4.78 is 6.41. The van der Waals surface area contributed by atoms with E-state index >= 15 is 0 Å². The van der Waals surface area contributed by atoms with Gasteiger partial charge in [-0.15, -0.1) is 46.7 Å². The number of aliphatic hydroxyl groups is 1. The largest absolute Gasteiger partial charge is 0.474 e. The second-order valence-corrected chi connectivity index (χ2v) is 18.7. The van der Waals surface area contributed by atoms with Gasteiger partial charge in [-0.2, -0.15) is 0 Å². The van der Waals surface area contributed by atoms with Gasteiger partial charge >= 0.3 is 0 Å². The van der Waals surface area contributed by atoms with Gasteiger partial charge in [0.1, 0.15) is 33.6 Å². The highest BCUT2D eigenvalue weighted by Gasteiger charge is 2.37. The number of ether oxygens (including phenoxy) is 1. The number of hydrogen-bond donors (Lipinski definition) is 1. The van der Waals surface area contributed by atoms with Crippen molar-refractivity contribution >= 4 is 78.7 Å². The van der Waals surface area contributed by atoms with Crippen molar-refractivity contribution in [3.63, 3.8) is 0 Å². The van der Waals surface area contributed by atoms with Crippen LogP contribution >= 0.6 is 58.3 Å². The normalized spacial score (nSPS) is 24.5. The predicted octanol–water partition coefficient (Wildman–Crippen LogP) is 9.84. The van der Waals surface area contributed by atoms with Gasteiger partial charge in [-0.05, 0) is 127 Å². The summed E-state index contributed by atoms with van der Waals surface area (Å²) in [5, 5.41) is 12.1. The molecule has 0 saturated heterocycles. The van der Waals surface area contributed by atoms with E-state index in [0.29, 0.717) is 23.3 Å². The maximum atomic E-state index is 9.19. The summed E-state index contributed by atoms with van der Waals surface area (Å²) in [4.78, 5) is 27.1. The molecule has 1 N–H and O–H groups in total. The Hall–Kier alpha value is -1.22. The van der Waals surface area contributed by atoms with E-state index in [-0.39, 0.29) is 48.3 Å². The molecule has 0 spiro atoms. The van der Waals surface area contributed by atoms with Crippen LogP contribution in [0.15, 0.2) is 12.7 Å². The Morgan fingerprint density at radius 1 is 0.706 bits per heavy atom. The third-order valence-corrected chi connectivity index (χ3v) is 14.0. The van der Waals surface area contributed by atoms with E-state index in [1.807, 2.05) is 11.3 Å². The summed E-state index contributed by atoms with van der Waals surface area (Å²) in [6, 6.07) is 1.41. The Morgan fingerprint density at radius 2 is 1.16 bits per heavy atom. The van der Waals surface area contributed by atoms with Crippen molar-refractivity contribution in [2.45, 2.75) is 147 Å². The molecule has 0 amide bonds. The molecule has 284 valence electrons. The van der Waals surface area contributed by atoms with Crippen molar-refractivity contribution in [1.29, 1.82) is 0 Å². The summed E-state index contributed by atoms with van der Waals surface area (Å²) in [5.41, 5.74) is 3.26. The molecule has 0 aromatic carbocycles. The smallest absolute Gasteiger partial charge is 0.225 e. The molecular weight excluding hydrogens is 811 g/mol. The van der Waals surface area contributed by atoms with Crippen LogP contribution < -0.4 is 4.74 Å². The average molecular weight is 871 g/mol. The standard InChI is InChI=1S/C19H27N3OS.C11H11ClN2S.C8H17NO.CH4.HI/c1-19(2)10-9-14-16(19)15-17(20-11-21-18(15)24-14)23-13-7-5-12(6-8-13)22(3)4;1-11(2)4-3-6-8(11)7-9(12)13-5-14-10(7)15-6;1-9(2)7-3-5-8(10)6-4-7;;/h11-13H,5-10H2,1-4H3;5H,3-4H2,1-2H3;7-8,10H,3-6H2,1-2H3;1H4;1H. The molecule has 4 heterocycles. The van der Waals surface area contributed by atoms with Crippen LogP contribution in [-0.2, 0) is 23.7 Å². The summed E-state index contributed by atoms with van der Waals surface area (Å²) in [7, 11) is 8.58. The highest BCUT2D eigenvalue weighted by molar-refractivity contribution is 14.0. The molecule has 0 bridgehead atoms. The predicted molar refractivity (Wildman–Crippen MR) is 227 cm³/mol. The highest BCUT2D eigenvalue weighted by Crippen LogP contribution is 2.50. The molecule has 0 atom stereocenters. The Bertz CT molecular complexity index is 1740. The third-order valence-electron chi connectivity index (χ3n) is 11.4. The SMILES string of the molecule is C.CC1(C)CCc2sc3ncnc(Cl)c3c21.CN(C)C1CCC(O)CC1.CN(C)C1CCC(Oc2ncnc3sc4c(c23)C(C)(C)CC4)CC1.I. The molecule has 2 saturated carbocycles. The molecule has 0 aliphatic heterocycles. The molecule has 4 aliphatic rings. The number of halogens is 2. The number of aromatic nitrogens is 4. The van der Waals surface area contributed by atoms with Gasteiger partial charge in [0.05, 0.1) is 16.9 Å². The summed E-state index contributed by atoms with van der Waals surface area (Å²) in [6.07, 6.45) is 17.2. The molecule has 4 aromatic rings. The number of fused-ring (bicyclic) bond motifs is 6. The number of thiophene rings is 2. The molecular formula is C39H60ClIN6O2S2. The van der Waals surface area contributed by atoms with E-state index in [0.717, 1.165) is 72.3 Å². The highest BCUT2D eigenvalue weighted by atomic mass is 127. The van der Waals surface area contributed by atoms with E-state index in [2.05, 4.69) is 85.6 Å².